The number of hydrogen-bond acceptors (Lipinski definition) is 7. The Morgan fingerprint density at radius 1 is 0.780 bits per heavy atom. The highest BCUT2D eigenvalue weighted by atomic mass is 19.4. The summed E-state index contributed by atoms with van der Waals surface area (Å²) in [6, 6.07) is 12.5. The number of benzene rings is 1. The number of nitrogens with one attached hydrogen (secondary N) is 1. The molecular formula is C22H22F9N3O7. The first kappa shape index (κ1) is 36.7. The maximum Gasteiger partial charge on any atom is 0.490 e. The van der Waals surface area contributed by atoms with Crippen molar-refractivity contribution in [1.82, 2.24) is 10.3 Å². The Labute approximate surface area is 225 Å². The van der Waals surface area contributed by atoms with E-state index in [9.17, 15) is 39.5 Å². The molecule has 1 aromatic carbocycles. The summed E-state index contributed by atoms with van der Waals surface area (Å²) < 4.78 is 101. The second-order valence-electron chi connectivity index (χ2n) is 7.54. The first-order valence-electron chi connectivity index (χ1n) is 10.6. The Balaban J connectivity index is 0.000000631. The number of alkyl halides is 9. The fraction of sp³-hybridized carbons (Fsp3) is 0.364. The maximum absolute atomic E-state index is 10.6. The van der Waals surface area contributed by atoms with Crippen LogP contribution in [-0.4, -0.2) is 84.0 Å². The number of fused-ring (bicyclic) bond motifs is 1. The largest absolute Gasteiger partial charge is 0.490 e. The van der Waals surface area contributed by atoms with Gasteiger partial charge in [0.15, 0.2) is 0 Å². The van der Waals surface area contributed by atoms with Gasteiger partial charge in [0.25, 0.3) is 0 Å². The van der Waals surface area contributed by atoms with Gasteiger partial charge in [-0.05, 0) is 18.2 Å². The van der Waals surface area contributed by atoms with Gasteiger partial charge in [-0.2, -0.15) is 39.5 Å². The summed E-state index contributed by atoms with van der Waals surface area (Å²) in [5.41, 5.74) is 4.37. The highest BCUT2D eigenvalue weighted by Gasteiger charge is 2.39. The molecule has 1 aromatic heterocycles. The van der Waals surface area contributed by atoms with Crippen LogP contribution >= 0.6 is 0 Å². The van der Waals surface area contributed by atoms with Crippen molar-refractivity contribution < 1.29 is 74.0 Å². The Kier molecular flexibility index (Phi) is 13.9. The fourth-order valence-electron chi connectivity index (χ4n) is 2.26. The number of aromatic nitrogens is 1. The zero-order valence-corrected chi connectivity index (χ0v) is 20.9. The predicted octanol–water partition coefficient (Wildman–Crippen LogP) is 4.20. The van der Waals surface area contributed by atoms with E-state index in [2.05, 4.69) is 51.6 Å². The van der Waals surface area contributed by atoms with Gasteiger partial charge in [-0.1, -0.05) is 18.2 Å². The summed E-state index contributed by atoms with van der Waals surface area (Å²) in [6.45, 7) is 2.36. The van der Waals surface area contributed by atoms with Crippen molar-refractivity contribution in [2.24, 2.45) is 0 Å². The number of ether oxygens (including phenoxy) is 1. The van der Waals surface area contributed by atoms with E-state index in [1.807, 2.05) is 14.1 Å². The fourth-order valence-corrected chi connectivity index (χ4v) is 2.26. The molecule has 10 nitrogen and oxygen atoms in total. The molecule has 2 aromatic rings. The molecule has 1 aliphatic rings. The highest BCUT2D eigenvalue weighted by molar-refractivity contribution is 5.73. The van der Waals surface area contributed by atoms with Gasteiger partial charge in [0.05, 0.1) is 5.69 Å². The van der Waals surface area contributed by atoms with Gasteiger partial charge in [0.2, 0.25) is 5.88 Å². The van der Waals surface area contributed by atoms with Crippen molar-refractivity contribution >= 4 is 23.6 Å². The van der Waals surface area contributed by atoms with Crippen LogP contribution in [0.15, 0.2) is 36.4 Å². The van der Waals surface area contributed by atoms with Gasteiger partial charge in [-0.3, -0.25) is 0 Å². The summed E-state index contributed by atoms with van der Waals surface area (Å²) in [5.74, 6) is -7.52. The lowest BCUT2D eigenvalue weighted by atomic mass is 10.1. The van der Waals surface area contributed by atoms with E-state index in [1.165, 1.54) is 5.69 Å². The third-order valence-corrected chi connectivity index (χ3v) is 4.18. The topological polar surface area (TPSA) is 149 Å². The van der Waals surface area contributed by atoms with E-state index in [0.717, 1.165) is 35.8 Å². The van der Waals surface area contributed by atoms with Crippen LogP contribution in [0.3, 0.4) is 0 Å². The molecule has 19 heteroatoms. The van der Waals surface area contributed by atoms with Crippen LogP contribution in [0.4, 0.5) is 45.2 Å². The number of carboxylic acids is 3. The molecule has 0 saturated heterocycles. The summed E-state index contributed by atoms with van der Waals surface area (Å²) in [4.78, 5) is 33.4. The molecule has 0 saturated carbocycles. The van der Waals surface area contributed by atoms with Gasteiger partial charge < -0.3 is 30.3 Å². The molecule has 0 amide bonds. The number of pyridine rings is 1. The molecule has 230 valence electrons. The van der Waals surface area contributed by atoms with E-state index >= 15 is 0 Å². The predicted molar refractivity (Wildman–Crippen MR) is 122 cm³/mol. The minimum Gasteiger partial charge on any atom is -0.476 e. The first-order valence-corrected chi connectivity index (χ1v) is 10.6. The highest BCUT2D eigenvalue weighted by Crippen LogP contribution is 2.26. The molecule has 0 atom stereocenters. The van der Waals surface area contributed by atoms with Crippen LogP contribution in [0, 0.1) is 0 Å². The van der Waals surface area contributed by atoms with Crippen LogP contribution in [0.2, 0.25) is 0 Å². The summed E-state index contributed by atoms with van der Waals surface area (Å²) >= 11 is 0. The third kappa shape index (κ3) is 14.6. The SMILES string of the molecule is CN(C)c1ccc(-c2ccc3c(n2)OCCNC3)cc1.O=C(O)C(F)(F)F.O=C(O)C(F)(F)F.O=C(O)C(F)(F)F. The molecule has 2 heterocycles. The lowest BCUT2D eigenvalue weighted by Crippen LogP contribution is -2.21. The normalized spacial score (nSPS) is 12.7. The Morgan fingerprint density at radius 2 is 1.20 bits per heavy atom. The molecule has 0 fully saturated rings. The molecule has 0 aliphatic carbocycles. The van der Waals surface area contributed by atoms with Crippen molar-refractivity contribution in [3.63, 3.8) is 0 Å². The van der Waals surface area contributed by atoms with Crippen LogP contribution in [-0.2, 0) is 20.9 Å². The Hall–Kier alpha value is -4.29. The second-order valence-corrected chi connectivity index (χ2v) is 7.54. The smallest absolute Gasteiger partial charge is 0.476 e. The van der Waals surface area contributed by atoms with Crippen molar-refractivity contribution in [2.45, 2.75) is 25.1 Å². The second kappa shape index (κ2) is 15.5. The first-order chi connectivity index (χ1) is 18.6. The zero-order chi connectivity index (χ0) is 32.2. The lowest BCUT2D eigenvalue weighted by Gasteiger charge is -2.13. The maximum atomic E-state index is 10.6. The Bertz CT molecular complexity index is 1090. The molecule has 1 aliphatic heterocycles. The molecule has 41 heavy (non-hydrogen) atoms. The number of carboxylic acid groups (broad SMARTS) is 3. The molecule has 0 bridgehead atoms. The van der Waals surface area contributed by atoms with Crippen LogP contribution in [0.1, 0.15) is 5.56 Å². The number of anilines is 1. The quantitative estimate of drug-likeness (QED) is 0.364. The van der Waals surface area contributed by atoms with Crippen molar-refractivity contribution in [1.29, 1.82) is 0 Å². The van der Waals surface area contributed by atoms with Crippen LogP contribution < -0.4 is 15.0 Å². The van der Waals surface area contributed by atoms with E-state index in [4.69, 9.17) is 34.4 Å². The Morgan fingerprint density at radius 3 is 1.56 bits per heavy atom. The average Bonchev–Trinajstić information content (AvgIpc) is 3.08. The van der Waals surface area contributed by atoms with Gasteiger partial charge in [0.1, 0.15) is 6.61 Å². The van der Waals surface area contributed by atoms with E-state index in [1.54, 1.807) is 0 Å². The molecule has 4 N–H and O–H groups in total. The minimum absolute atomic E-state index is 0.670. The van der Waals surface area contributed by atoms with Gasteiger partial charge >= 0.3 is 36.4 Å². The molecule has 0 spiro atoms. The van der Waals surface area contributed by atoms with Crippen LogP contribution in [0.5, 0.6) is 5.88 Å². The van der Waals surface area contributed by atoms with Gasteiger partial charge in [-0.25, -0.2) is 19.4 Å². The van der Waals surface area contributed by atoms with Crippen molar-refractivity contribution in [2.75, 3.05) is 32.1 Å². The van der Waals surface area contributed by atoms with E-state index < -0.39 is 36.4 Å². The number of hydrogen-bond donors (Lipinski definition) is 4. The van der Waals surface area contributed by atoms with Gasteiger partial charge in [0, 0.05) is 44.0 Å². The molecular weight excluding hydrogens is 589 g/mol. The molecule has 0 unspecified atom stereocenters. The van der Waals surface area contributed by atoms with Crippen molar-refractivity contribution in [3.8, 4) is 17.1 Å². The number of carbonyl (C=O) groups is 3. The summed E-state index contributed by atoms with van der Waals surface area (Å²) in [7, 11) is 4.08. The van der Waals surface area contributed by atoms with Crippen molar-refractivity contribution in [3.05, 3.63) is 42.0 Å². The third-order valence-electron chi connectivity index (χ3n) is 4.18. The monoisotopic (exact) mass is 611 g/mol. The average molecular weight is 611 g/mol. The molecule has 0 radical (unpaired) electrons. The number of rotatable bonds is 2. The number of aliphatic carboxylic acids is 3. The summed E-state index contributed by atoms with van der Waals surface area (Å²) in [5, 5.41) is 24.7. The number of halogens is 9. The lowest BCUT2D eigenvalue weighted by molar-refractivity contribution is -0.193. The van der Waals surface area contributed by atoms with Gasteiger partial charge in [-0.15, -0.1) is 0 Å². The zero-order valence-electron chi connectivity index (χ0n) is 20.9. The number of nitrogens with zero attached hydrogens (tertiary/aromatic N) is 2. The standard InChI is InChI=1S/C16H19N3O.3C2HF3O2/c1-19(2)14-6-3-12(4-7-14)15-8-5-13-11-17-9-10-20-16(13)18-15;3*3-2(4,5)1(6)7/h3-8,17H,9-11H2,1-2H3;3*(H,6,7). The van der Waals surface area contributed by atoms with Crippen LogP contribution in [0.25, 0.3) is 11.3 Å². The summed E-state index contributed by atoms with van der Waals surface area (Å²) in [6.07, 6.45) is -15.3. The van der Waals surface area contributed by atoms with E-state index in [0.29, 0.717) is 6.61 Å². The molecule has 3 rings (SSSR count). The minimum atomic E-state index is -5.08. The van der Waals surface area contributed by atoms with E-state index in [-0.39, 0.29) is 0 Å².